The van der Waals surface area contributed by atoms with Crippen molar-refractivity contribution < 1.29 is 19.1 Å². The minimum atomic E-state index is -0.239. The van der Waals surface area contributed by atoms with Gasteiger partial charge in [0.15, 0.2) is 6.61 Å². The van der Waals surface area contributed by atoms with Crippen LogP contribution in [0.3, 0.4) is 0 Å². The number of ether oxygens (including phenoxy) is 1. The van der Waals surface area contributed by atoms with Crippen molar-refractivity contribution in [3.05, 3.63) is 54.1 Å². The van der Waals surface area contributed by atoms with E-state index in [0.717, 1.165) is 31.5 Å². The first-order valence-corrected chi connectivity index (χ1v) is 11.2. The summed E-state index contributed by atoms with van der Waals surface area (Å²) in [5, 5.41) is 2.85. The van der Waals surface area contributed by atoms with Gasteiger partial charge in [0.1, 0.15) is 5.75 Å². The molecule has 2 aromatic rings. The van der Waals surface area contributed by atoms with Gasteiger partial charge in [-0.05, 0) is 81.6 Å². The molecule has 2 unspecified atom stereocenters. The third kappa shape index (κ3) is 4.77. The normalized spacial score (nSPS) is 20.5. The quantitative estimate of drug-likeness (QED) is 0.699. The van der Waals surface area contributed by atoms with Crippen LogP contribution in [0.1, 0.15) is 49.9 Å². The van der Waals surface area contributed by atoms with Gasteiger partial charge in [-0.25, -0.2) is 0 Å². The smallest absolute Gasteiger partial charge is 0.260 e. The summed E-state index contributed by atoms with van der Waals surface area (Å²) in [5.74, 6) is 0.424. The first-order chi connectivity index (χ1) is 15.4. The van der Waals surface area contributed by atoms with Crippen LogP contribution >= 0.6 is 0 Å². The molecular weight excluding hydrogens is 406 g/mol. The van der Waals surface area contributed by atoms with Crippen LogP contribution in [-0.2, 0) is 9.59 Å². The molecule has 32 heavy (non-hydrogen) atoms. The number of likely N-dealkylation sites (tertiary alicyclic amines) is 1. The van der Waals surface area contributed by atoms with Crippen molar-refractivity contribution in [2.75, 3.05) is 23.4 Å². The monoisotopic (exact) mass is 435 g/mol. The highest BCUT2D eigenvalue weighted by Crippen LogP contribution is 2.25. The molecule has 2 heterocycles. The Kier molecular flexibility index (Phi) is 6.44. The molecular formula is C25H29N3O4. The number of rotatable bonds is 6. The van der Waals surface area contributed by atoms with E-state index in [-0.39, 0.29) is 36.4 Å². The Balaban J connectivity index is 1.29. The topological polar surface area (TPSA) is 79.0 Å². The maximum atomic E-state index is 12.6. The Morgan fingerprint density at radius 3 is 2.22 bits per heavy atom. The van der Waals surface area contributed by atoms with Crippen molar-refractivity contribution in [1.82, 2.24) is 4.90 Å². The summed E-state index contributed by atoms with van der Waals surface area (Å²) in [6.45, 7) is 4.89. The summed E-state index contributed by atoms with van der Waals surface area (Å²) in [7, 11) is 0. The van der Waals surface area contributed by atoms with E-state index in [1.165, 1.54) is 0 Å². The van der Waals surface area contributed by atoms with Gasteiger partial charge in [-0.15, -0.1) is 0 Å². The lowest BCUT2D eigenvalue weighted by Gasteiger charge is -2.38. The maximum Gasteiger partial charge on any atom is 0.260 e. The predicted molar refractivity (Wildman–Crippen MR) is 123 cm³/mol. The summed E-state index contributed by atoms with van der Waals surface area (Å²) in [6, 6.07) is 14.4. The number of nitrogens with zero attached hydrogens (tertiary/aromatic N) is 2. The standard InChI is InChI=1S/C25H29N3O4/c1-17-4-3-5-18(2)28(17)24(30)16-32-22-12-6-19(7-13-22)25(31)26-20-8-10-21(11-9-20)27-15-14-23(27)29/h6-13,17-18H,3-5,14-16H2,1-2H3,(H,26,31). The van der Waals surface area contributed by atoms with Crippen LogP contribution in [0.15, 0.2) is 48.5 Å². The van der Waals surface area contributed by atoms with Gasteiger partial charge in [-0.3, -0.25) is 14.4 Å². The number of benzene rings is 2. The molecule has 2 saturated heterocycles. The Morgan fingerprint density at radius 2 is 1.66 bits per heavy atom. The van der Waals surface area contributed by atoms with Crippen molar-refractivity contribution in [2.45, 2.75) is 51.6 Å². The van der Waals surface area contributed by atoms with Crippen molar-refractivity contribution in [3.63, 3.8) is 0 Å². The van der Waals surface area contributed by atoms with E-state index < -0.39 is 0 Å². The van der Waals surface area contributed by atoms with Crippen LogP contribution in [0.2, 0.25) is 0 Å². The fraction of sp³-hybridized carbons (Fsp3) is 0.400. The van der Waals surface area contributed by atoms with Crippen LogP contribution < -0.4 is 15.0 Å². The summed E-state index contributed by atoms with van der Waals surface area (Å²) < 4.78 is 5.68. The van der Waals surface area contributed by atoms with E-state index in [4.69, 9.17) is 4.74 Å². The molecule has 0 bridgehead atoms. The Labute approximate surface area is 188 Å². The van der Waals surface area contributed by atoms with E-state index in [1.807, 2.05) is 17.0 Å². The van der Waals surface area contributed by atoms with Gasteiger partial charge in [-0.1, -0.05) is 0 Å². The van der Waals surface area contributed by atoms with Gasteiger partial charge in [0, 0.05) is 42.0 Å². The summed E-state index contributed by atoms with van der Waals surface area (Å²) in [5.41, 5.74) is 1.98. The number of carbonyl (C=O) groups is 3. The second-order valence-corrected chi connectivity index (χ2v) is 8.54. The van der Waals surface area contributed by atoms with E-state index in [1.54, 1.807) is 41.3 Å². The molecule has 2 atom stereocenters. The van der Waals surface area contributed by atoms with Crippen molar-refractivity contribution in [1.29, 1.82) is 0 Å². The van der Waals surface area contributed by atoms with Crippen molar-refractivity contribution >= 4 is 29.1 Å². The number of anilines is 2. The molecule has 0 saturated carbocycles. The summed E-state index contributed by atoms with van der Waals surface area (Å²) in [6.07, 6.45) is 3.79. The second-order valence-electron chi connectivity index (χ2n) is 8.54. The molecule has 2 aliphatic heterocycles. The molecule has 168 valence electrons. The number of carbonyl (C=O) groups excluding carboxylic acids is 3. The first-order valence-electron chi connectivity index (χ1n) is 11.2. The zero-order valence-corrected chi connectivity index (χ0v) is 18.5. The van der Waals surface area contributed by atoms with Gasteiger partial charge < -0.3 is 19.9 Å². The molecule has 0 radical (unpaired) electrons. The zero-order valence-electron chi connectivity index (χ0n) is 18.5. The van der Waals surface area contributed by atoms with Crippen LogP contribution in [0.5, 0.6) is 5.75 Å². The summed E-state index contributed by atoms with van der Waals surface area (Å²) >= 11 is 0. The van der Waals surface area contributed by atoms with E-state index >= 15 is 0 Å². The van der Waals surface area contributed by atoms with E-state index in [2.05, 4.69) is 19.2 Å². The van der Waals surface area contributed by atoms with Crippen molar-refractivity contribution in [3.8, 4) is 5.75 Å². The molecule has 7 heteroatoms. The molecule has 0 spiro atoms. The fourth-order valence-corrected chi connectivity index (χ4v) is 4.35. The average Bonchev–Trinajstić information content (AvgIpc) is 2.78. The third-order valence-electron chi connectivity index (χ3n) is 6.25. The Hall–Kier alpha value is -3.35. The Bertz CT molecular complexity index is 977. The van der Waals surface area contributed by atoms with Gasteiger partial charge in [0.25, 0.3) is 11.8 Å². The van der Waals surface area contributed by atoms with Crippen LogP contribution in [-0.4, -0.2) is 47.9 Å². The number of amides is 3. The molecule has 2 fully saturated rings. The lowest BCUT2D eigenvalue weighted by molar-refractivity contribution is -0.139. The number of β-lactam (4-membered cyclic amide) rings is 1. The molecule has 2 aliphatic rings. The SMILES string of the molecule is CC1CCCC(C)N1C(=O)COc1ccc(C(=O)Nc2ccc(N3CCC3=O)cc2)cc1. The second kappa shape index (κ2) is 9.42. The van der Waals surface area contributed by atoms with Crippen LogP contribution in [0.25, 0.3) is 0 Å². The van der Waals surface area contributed by atoms with Gasteiger partial charge in [0.2, 0.25) is 5.91 Å². The fourth-order valence-electron chi connectivity index (χ4n) is 4.35. The van der Waals surface area contributed by atoms with Crippen LogP contribution in [0, 0.1) is 0 Å². The lowest BCUT2D eigenvalue weighted by atomic mass is 9.97. The Morgan fingerprint density at radius 1 is 1.00 bits per heavy atom. The number of hydrogen-bond acceptors (Lipinski definition) is 4. The minimum absolute atomic E-state index is 0.00473. The molecule has 3 amide bonds. The number of piperidine rings is 1. The van der Waals surface area contributed by atoms with E-state index in [9.17, 15) is 14.4 Å². The molecule has 1 N–H and O–H groups in total. The highest BCUT2D eigenvalue weighted by Gasteiger charge is 2.29. The molecule has 2 aromatic carbocycles. The first kappa shape index (κ1) is 21.9. The molecule has 0 aromatic heterocycles. The molecule has 7 nitrogen and oxygen atoms in total. The van der Waals surface area contributed by atoms with E-state index in [0.29, 0.717) is 23.4 Å². The minimum Gasteiger partial charge on any atom is -0.484 e. The molecule has 0 aliphatic carbocycles. The number of hydrogen-bond donors (Lipinski definition) is 1. The largest absolute Gasteiger partial charge is 0.484 e. The van der Waals surface area contributed by atoms with Crippen molar-refractivity contribution in [2.24, 2.45) is 0 Å². The van der Waals surface area contributed by atoms with Crippen LogP contribution in [0.4, 0.5) is 11.4 Å². The summed E-state index contributed by atoms with van der Waals surface area (Å²) in [4.78, 5) is 40.3. The molecule has 4 rings (SSSR count). The van der Waals surface area contributed by atoms with Gasteiger partial charge in [0.05, 0.1) is 0 Å². The third-order valence-corrected chi connectivity index (χ3v) is 6.25. The lowest BCUT2D eigenvalue weighted by Crippen LogP contribution is -2.49. The number of nitrogens with one attached hydrogen (secondary N) is 1. The zero-order chi connectivity index (χ0) is 22.7. The highest BCUT2D eigenvalue weighted by molar-refractivity contribution is 6.04. The van der Waals surface area contributed by atoms with Gasteiger partial charge in [-0.2, -0.15) is 0 Å². The predicted octanol–water partition coefficient (Wildman–Crippen LogP) is 3.84. The highest BCUT2D eigenvalue weighted by atomic mass is 16.5. The average molecular weight is 436 g/mol. The van der Waals surface area contributed by atoms with Gasteiger partial charge >= 0.3 is 0 Å². The maximum absolute atomic E-state index is 12.6.